The van der Waals surface area contributed by atoms with Gasteiger partial charge in [0.15, 0.2) is 0 Å². The number of amides is 1. The van der Waals surface area contributed by atoms with E-state index in [1.807, 2.05) is 30.3 Å². The number of rotatable bonds is 5. The first-order valence-electron chi connectivity index (χ1n) is 7.02. The first kappa shape index (κ1) is 16.4. The standard InChI is InChI=1S/C16H17N3O4/c1-11(16(22)23)18(2)15(21)10-19-14(20)9-8-13(17-19)12-6-4-3-5-7-12/h3-9,11H,10H2,1-2H3,(H,22,23). The molecule has 2 aromatic rings. The molecular formula is C16H17N3O4. The number of hydrogen-bond donors (Lipinski definition) is 1. The lowest BCUT2D eigenvalue weighted by Crippen LogP contribution is -2.43. The first-order valence-corrected chi connectivity index (χ1v) is 7.02. The van der Waals surface area contributed by atoms with Gasteiger partial charge in [0.25, 0.3) is 5.56 Å². The summed E-state index contributed by atoms with van der Waals surface area (Å²) in [7, 11) is 1.38. The molecule has 1 aromatic heterocycles. The summed E-state index contributed by atoms with van der Waals surface area (Å²) in [6.07, 6.45) is 0. The van der Waals surface area contributed by atoms with E-state index in [0.29, 0.717) is 5.69 Å². The maximum absolute atomic E-state index is 12.1. The molecule has 1 N–H and O–H groups in total. The van der Waals surface area contributed by atoms with E-state index in [4.69, 9.17) is 5.11 Å². The SMILES string of the molecule is CC(C(=O)O)N(C)C(=O)Cn1nc(-c2ccccc2)ccc1=O. The Morgan fingerprint density at radius 1 is 1.22 bits per heavy atom. The van der Waals surface area contributed by atoms with Crippen molar-refractivity contribution >= 4 is 11.9 Å². The van der Waals surface area contributed by atoms with Gasteiger partial charge in [0.05, 0.1) is 5.69 Å². The Bertz CT molecular complexity index is 770. The lowest BCUT2D eigenvalue weighted by Gasteiger charge is -2.21. The Morgan fingerprint density at radius 3 is 2.48 bits per heavy atom. The van der Waals surface area contributed by atoms with Gasteiger partial charge in [-0.25, -0.2) is 9.48 Å². The molecule has 0 aliphatic carbocycles. The van der Waals surface area contributed by atoms with Crippen molar-refractivity contribution < 1.29 is 14.7 Å². The van der Waals surface area contributed by atoms with E-state index >= 15 is 0 Å². The predicted octanol–water partition coefficient (Wildman–Crippen LogP) is 0.842. The minimum atomic E-state index is -1.11. The largest absolute Gasteiger partial charge is 0.480 e. The topological polar surface area (TPSA) is 92.5 Å². The molecule has 7 nitrogen and oxygen atoms in total. The lowest BCUT2D eigenvalue weighted by atomic mass is 10.1. The summed E-state index contributed by atoms with van der Waals surface area (Å²) in [4.78, 5) is 36.0. The molecule has 1 amide bonds. The van der Waals surface area contributed by atoms with Crippen LogP contribution in [0.25, 0.3) is 11.3 Å². The Kier molecular flexibility index (Phi) is 4.90. The molecule has 0 radical (unpaired) electrons. The molecule has 0 aliphatic heterocycles. The van der Waals surface area contributed by atoms with Gasteiger partial charge < -0.3 is 10.0 Å². The van der Waals surface area contributed by atoms with E-state index in [1.165, 1.54) is 20.0 Å². The van der Waals surface area contributed by atoms with Crippen molar-refractivity contribution in [1.29, 1.82) is 0 Å². The third-order valence-electron chi connectivity index (χ3n) is 3.55. The third kappa shape index (κ3) is 3.82. The number of carboxylic acid groups (broad SMARTS) is 1. The number of carboxylic acids is 1. The van der Waals surface area contributed by atoms with E-state index in [9.17, 15) is 14.4 Å². The van der Waals surface area contributed by atoms with Gasteiger partial charge in [-0.15, -0.1) is 0 Å². The minimum Gasteiger partial charge on any atom is -0.480 e. The summed E-state index contributed by atoms with van der Waals surface area (Å²) in [5, 5.41) is 13.1. The van der Waals surface area contributed by atoms with E-state index in [0.717, 1.165) is 15.1 Å². The normalized spacial score (nSPS) is 11.7. The maximum Gasteiger partial charge on any atom is 0.326 e. The molecule has 0 saturated carbocycles. The van der Waals surface area contributed by atoms with Crippen LogP contribution in [0.2, 0.25) is 0 Å². The molecule has 1 heterocycles. The number of carbonyl (C=O) groups excluding carboxylic acids is 1. The molecule has 1 unspecified atom stereocenters. The molecule has 1 atom stereocenters. The van der Waals surface area contributed by atoms with E-state index < -0.39 is 23.5 Å². The Balaban J connectivity index is 2.25. The van der Waals surface area contributed by atoms with Crippen LogP contribution in [-0.4, -0.2) is 44.8 Å². The fourth-order valence-electron chi connectivity index (χ4n) is 1.95. The quantitative estimate of drug-likeness (QED) is 0.882. The van der Waals surface area contributed by atoms with Crippen LogP contribution in [0, 0.1) is 0 Å². The summed E-state index contributed by atoms with van der Waals surface area (Å²) in [5.74, 6) is -1.61. The maximum atomic E-state index is 12.1. The molecule has 0 bridgehead atoms. The Hall–Kier alpha value is -2.96. The number of carbonyl (C=O) groups is 2. The zero-order chi connectivity index (χ0) is 17.0. The van der Waals surface area contributed by atoms with Crippen molar-refractivity contribution in [2.75, 3.05) is 7.05 Å². The van der Waals surface area contributed by atoms with E-state index in [1.54, 1.807) is 6.07 Å². The highest BCUT2D eigenvalue weighted by Gasteiger charge is 2.22. The van der Waals surface area contributed by atoms with Crippen LogP contribution in [0.1, 0.15) is 6.92 Å². The molecule has 2 rings (SSSR count). The van der Waals surface area contributed by atoms with Gasteiger partial charge in [-0.2, -0.15) is 5.10 Å². The van der Waals surface area contributed by atoms with Gasteiger partial charge >= 0.3 is 5.97 Å². The summed E-state index contributed by atoms with van der Waals surface area (Å²) in [5.41, 5.74) is 0.960. The summed E-state index contributed by atoms with van der Waals surface area (Å²) in [6, 6.07) is 11.2. The first-order chi connectivity index (χ1) is 10.9. The summed E-state index contributed by atoms with van der Waals surface area (Å²) in [6.45, 7) is 1.09. The highest BCUT2D eigenvalue weighted by Crippen LogP contribution is 2.14. The van der Waals surface area contributed by atoms with Crippen LogP contribution in [-0.2, 0) is 16.1 Å². The number of benzene rings is 1. The highest BCUT2D eigenvalue weighted by atomic mass is 16.4. The van der Waals surface area contributed by atoms with Gasteiger partial charge in [0.1, 0.15) is 12.6 Å². The van der Waals surface area contributed by atoms with Gasteiger partial charge in [-0.3, -0.25) is 9.59 Å². The molecule has 23 heavy (non-hydrogen) atoms. The van der Waals surface area contributed by atoms with Crippen molar-refractivity contribution in [3.05, 3.63) is 52.8 Å². The predicted molar refractivity (Wildman–Crippen MR) is 83.8 cm³/mol. The van der Waals surface area contributed by atoms with E-state index in [-0.39, 0.29) is 6.54 Å². The molecule has 7 heteroatoms. The lowest BCUT2D eigenvalue weighted by molar-refractivity contribution is -0.148. The second-order valence-electron chi connectivity index (χ2n) is 5.10. The van der Waals surface area contributed by atoms with Crippen LogP contribution in [0.5, 0.6) is 0 Å². The molecular weight excluding hydrogens is 298 g/mol. The van der Waals surface area contributed by atoms with Crippen LogP contribution in [0.15, 0.2) is 47.3 Å². The minimum absolute atomic E-state index is 0.312. The number of aliphatic carboxylic acids is 1. The Morgan fingerprint density at radius 2 is 1.87 bits per heavy atom. The number of nitrogens with zero attached hydrogens (tertiary/aromatic N) is 3. The summed E-state index contributed by atoms with van der Waals surface area (Å²) >= 11 is 0. The zero-order valence-electron chi connectivity index (χ0n) is 12.8. The zero-order valence-corrected chi connectivity index (χ0v) is 12.8. The second kappa shape index (κ2) is 6.87. The third-order valence-corrected chi connectivity index (χ3v) is 3.55. The number of hydrogen-bond acceptors (Lipinski definition) is 4. The Labute approximate surface area is 132 Å². The fraction of sp³-hybridized carbons (Fsp3) is 0.250. The van der Waals surface area contributed by atoms with Crippen LogP contribution in [0.3, 0.4) is 0 Å². The van der Waals surface area contributed by atoms with Gasteiger partial charge in [0.2, 0.25) is 5.91 Å². The van der Waals surface area contributed by atoms with Crippen molar-refractivity contribution in [2.45, 2.75) is 19.5 Å². The fourth-order valence-corrected chi connectivity index (χ4v) is 1.95. The average molecular weight is 315 g/mol. The van der Waals surface area contributed by atoms with Gasteiger partial charge in [-0.1, -0.05) is 30.3 Å². The van der Waals surface area contributed by atoms with Crippen LogP contribution in [0.4, 0.5) is 0 Å². The average Bonchev–Trinajstić information content (AvgIpc) is 2.56. The van der Waals surface area contributed by atoms with Crippen LogP contribution < -0.4 is 5.56 Å². The second-order valence-corrected chi connectivity index (χ2v) is 5.10. The highest BCUT2D eigenvalue weighted by molar-refractivity contribution is 5.83. The van der Waals surface area contributed by atoms with Crippen LogP contribution >= 0.6 is 0 Å². The van der Waals surface area contributed by atoms with Gasteiger partial charge in [0, 0.05) is 18.7 Å². The molecule has 0 aliphatic rings. The van der Waals surface area contributed by atoms with Crippen molar-refractivity contribution in [1.82, 2.24) is 14.7 Å². The molecule has 0 saturated heterocycles. The smallest absolute Gasteiger partial charge is 0.326 e. The monoisotopic (exact) mass is 315 g/mol. The van der Waals surface area contributed by atoms with E-state index in [2.05, 4.69) is 5.10 Å². The van der Waals surface area contributed by atoms with Crippen molar-refractivity contribution in [3.8, 4) is 11.3 Å². The van der Waals surface area contributed by atoms with Crippen molar-refractivity contribution in [3.63, 3.8) is 0 Å². The molecule has 0 spiro atoms. The number of likely N-dealkylation sites (N-methyl/N-ethyl adjacent to an activating group) is 1. The molecule has 0 fully saturated rings. The summed E-state index contributed by atoms with van der Waals surface area (Å²) < 4.78 is 1.04. The number of aromatic nitrogens is 2. The van der Waals surface area contributed by atoms with Gasteiger partial charge in [-0.05, 0) is 13.0 Å². The molecule has 1 aromatic carbocycles. The van der Waals surface area contributed by atoms with Crippen molar-refractivity contribution in [2.24, 2.45) is 0 Å². The molecule has 120 valence electrons.